The topological polar surface area (TPSA) is 77.1 Å². The van der Waals surface area contributed by atoms with Gasteiger partial charge in [-0.1, -0.05) is 0 Å². The second-order valence-electron chi connectivity index (χ2n) is 8.48. The Morgan fingerprint density at radius 1 is 0.938 bits per heavy atom. The molecule has 32 heavy (non-hydrogen) atoms. The van der Waals surface area contributed by atoms with Crippen molar-refractivity contribution in [3.63, 3.8) is 0 Å². The van der Waals surface area contributed by atoms with Crippen LogP contribution in [0.4, 0.5) is 0 Å². The highest BCUT2D eigenvalue weighted by Crippen LogP contribution is 2.21. The molecule has 6 nitrogen and oxygen atoms in total. The molecule has 0 radical (unpaired) electrons. The van der Waals surface area contributed by atoms with Crippen LogP contribution in [0.3, 0.4) is 0 Å². The maximum atomic E-state index is 12.9. The highest BCUT2D eigenvalue weighted by atomic mass is 16.5. The van der Waals surface area contributed by atoms with Crippen LogP contribution in [0.5, 0.6) is 11.5 Å². The van der Waals surface area contributed by atoms with Gasteiger partial charge in [0.1, 0.15) is 11.5 Å². The quantitative estimate of drug-likeness (QED) is 0.214. The van der Waals surface area contributed by atoms with E-state index in [0.29, 0.717) is 13.2 Å². The van der Waals surface area contributed by atoms with Gasteiger partial charge in [0, 0.05) is 17.6 Å². The predicted molar refractivity (Wildman–Crippen MR) is 131 cm³/mol. The zero-order chi connectivity index (χ0) is 23.5. The monoisotopic (exact) mass is 439 g/mol. The van der Waals surface area contributed by atoms with E-state index in [2.05, 4.69) is 5.10 Å². The Bertz CT molecular complexity index is 868. The molecule has 0 saturated heterocycles. The number of amides is 1. The number of benzene rings is 2. The molecule has 6 heteroatoms. The number of carbonyl (C=O) groups excluding carboxylic acids is 1. The molecule has 0 aliphatic heterocycles. The third-order valence-electron chi connectivity index (χ3n) is 5.21. The summed E-state index contributed by atoms with van der Waals surface area (Å²) >= 11 is 0. The second-order valence-corrected chi connectivity index (χ2v) is 8.48. The minimum atomic E-state index is 0.0706. The van der Waals surface area contributed by atoms with Gasteiger partial charge < -0.3 is 20.2 Å². The summed E-state index contributed by atoms with van der Waals surface area (Å²) < 4.78 is 11.6. The Morgan fingerprint density at radius 2 is 1.50 bits per heavy atom. The molecule has 0 bridgehead atoms. The summed E-state index contributed by atoms with van der Waals surface area (Å²) in [6, 6.07) is 13.7. The Kier molecular flexibility index (Phi) is 10.1. The minimum absolute atomic E-state index is 0.0706. The third-order valence-corrected chi connectivity index (χ3v) is 5.21. The van der Waals surface area contributed by atoms with Gasteiger partial charge >= 0.3 is 0 Å². The first-order valence-electron chi connectivity index (χ1n) is 11.4. The van der Waals surface area contributed by atoms with Gasteiger partial charge in [-0.15, -0.1) is 0 Å². The van der Waals surface area contributed by atoms with Crippen molar-refractivity contribution < 1.29 is 14.3 Å². The fourth-order valence-corrected chi connectivity index (χ4v) is 3.67. The van der Waals surface area contributed by atoms with Gasteiger partial charge in [0.05, 0.1) is 19.4 Å². The first kappa shape index (κ1) is 25.2. The largest absolute Gasteiger partial charge is 0.494 e. The lowest BCUT2D eigenvalue weighted by atomic mass is 10.1. The molecule has 174 valence electrons. The minimum Gasteiger partial charge on any atom is -0.494 e. The summed E-state index contributed by atoms with van der Waals surface area (Å²) in [4.78, 5) is 14.8. The zero-order valence-corrected chi connectivity index (χ0v) is 20.0. The average molecular weight is 440 g/mol. The lowest BCUT2D eigenvalue weighted by molar-refractivity contribution is 0.0643. The number of aryl methyl sites for hydroxylation is 1. The van der Waals surface area contributed by atoms with Gasteiger partial charge in [0.2, 0.25) is 0 Å². The maximum Gasteiger partial charge on any atom is 0.254 e. The van der Waals surface area contributed by atoms with Gasteiger partial charge in [0.15, 0.2) is 0 Å². The second kappa shape index (κ2) is 12.7. The van der Waals surface area contributed by atoms with E-state index in [1.807, 2.05) is 82.0 Å². The van der Waals surface area contributed by atoms with Gasteiger partial charge in [-0.3, -0.25) is 4.79 Å². The number of nitrogens with two attached hydrogens (primary N) is 1. The molecule has 0 unspecified atom stereocenters. The van der Waals surface area contributed by atoms with Crippen LogP contribution in [-0.4, -0.2) is 42.3 Å². The van der Waals surface area contributed by atoms with Crippen molar-refractivity contribution in [3.8, 4) is 11.5 Å². The molecule has 0 atom stereocenters. The van der Waals surface area contributed by atoms with Crippen LogP contribution < -0.4 is 15.3 Å². The first-order chi connectivity index (χ1) is 15.3. The zero-order valence-electron chi connectivity index (χ0n) is 20.0. The number of carbonyl (C=O) groups is 1. The number of ether oxygens (including phenoxy) is 2. The summed E-state index contributed by atoms with van der Waals surface area (Å²) in [5, 5.41) is 3.50. The third kappa shape index (κ3) is 7.59. The molecular formula is C26H37N3O3. The van der Waals surface area contributed by atoms with Gasteiger partial charge in [0.25, 0.3) is 5.91 Å². The van der Waals surface area contributed by atoms with Crippen molar-refractivity contribution in [3.05, 3.63) is 59.2 Å². The Morgan fingerprint density at radius 3 is 2.03 bits per heavy atom. The molecule has 0 aromatic heterocycles. The van der Waals surface area contributed by atoms with Crippen LogP contribution in [0.25, 0.3) is 0 Å². The normalized spacial score (nSPS) is 11.3. The summed E-state index contributed by atoms with van der Waals surface area (Å²) in [6.45, 7) is 11.5. The van der Waals surface area contributed by atoms with E-state index in [1.165, 1.54) is 0 Å². The number of nitrogens with zero attached hydrogens (tertiary/aromatic N) is 2. The summed E-state index contributed by atoms with van der Waals surface area (Å²) in [7, 11) is 0. The van der Waals surface area contributed by atoms with E-state index in [0.717, 1.165) is 47.5 Å². The van der Waals surface area contributed by atoms with Crippen molar-refractivity contribution in [2.75, 3.05) is 13.2 Å². The van der Waals surface area contributed by atoms with E-state index >= 15 is 0 Å². The molecular weight excluding hydrogens is 402 g/mol. The predicted octanol–water partition coefficient (Wildman–Crippen LogP) is 5.17. The lowest BCUT2D eigenvalue weighted by Crippen LogP contribution is -2.42. The van der Waals surface area contributed by atoms with Crippen molar-refractivity contribution in [2.45, 2.75) is 66.0 Å². The fraction of sp³-hybridized carbons (Fsp3) is 0.462. The highest BCUT2D eigenvalue weighted by molar-refractivity contribution is 5.96. The van der Waals surface area contributed by atoms with Crippen LogP contribution in [0.2, 0.25) is 0 Å². The molecule has 0 spiro atoms. The SMILES string of the molecule is Cc1cc(OCCCCCOc2ccc(C=NN)cc2)ccc1C(=O)N(C(C)C)C(C)C. The smallest absolute Gasteiger partial charge is 0.254 e. The van der Waals surface area contributed by atoms with Crippen LogP contribution >= 0.6 is 0 Å². The summed E-state index contributed by atoms with van der Waals surface area (Å²) in [5.41, 5.74) is 2.62. The number of hydrogen-bond acceptors (Lipinski definition) is 5. The standard InChI is InChI=1S/C26H37N3O3/c1-19(2)29(20(3)4)26(30)25-14-13-24(17-21(25)5)32-16-8-6-7-15-31-23-11-9-22(10-12-23)18-28-27/h9-14,17-20H,6-8,15-16,27H2,1-5H3. The van der Waals surface area contributed by atoms with Crippen LogP contribution in [-0.2, 0) is 0 Å². The average Bonchev–Trinajstić information content (AvgIpc) is 2.74. The molecule has 0 aliphatic rings. The number of hydrazone groups is 1. The van der Waals surface area contributed by atoms with Crippen molar-refractivity contribution in [1.29, 1.82) is 0 Å². The van der Waals surface area contributed by atoms with Gasteiger partial charge in [-0.25, -0.2) is 0 Å². The molecule has 2 rings (SSSR count). The van der Waals surface area contributed by atoms with E-state index in [-0.39, 0.29) is 18.0 Å². The van der Waals surface area contributed by atoms with Crippen molar-refractivity contribution in [1.82, 2.24) is 4.90 Å². The highest BCUT2D eigenvalue weighted by Gasteiger charge is 2.22. The lowest BCUT2D eigenvalue weighted by Gasteiger charge is -2.31. The molecule has 2 aromatic carbocycles. The fourth-order valence-electron chi connectivity index (χ4n) is 3.67. The van der Waals surface area contributed by atoms with Crippen molar-refractivity contribution >= 4 is 12.1 Å². The molecule has 2 N–H and O–H groups in total. The van der Waals surface area contributed by atoms with Crippen molar-refractivity contribution in [2.24, 2.45) is 10.9 Å². The van der Waals surface area contributed by atoms with Gasteiger partial charge in [-0.05, 0) is 107 Å². The van der Waals surface area contributed by atoms with Gasteiger partial charge in [-0.2, -0.15) is 5.10 Å². The molecule has 0 saturated carbocycles. The van der Waals surface area contributed by atoms with Crippen LogP contribution in [0.15, 0.2) is 47.6 Å². The van der Waals surface area contributed by atoms with Crippen LogP contribution in [0, 0.1) is 6.92 Å². The van der Waals surface area contributed by atoms with Crippen LogP contribution in [0.1, 0.15) is 68.4 Å². The molecule has 0 aliphatic carbocycles. The van der Waals surface area contributed by atoms with E-state index in [9.17, 15) is 4.79 Å². The number of hydrogen-bond donors (Lipinski definition) is 1. The van der Waals surface area contributed by atoms with E-state index < -0.39 is 0 Å². The molecule has 0 fully saturated rings. The molecule has 1 amide bonds. The molecule has 2 aromatic rings. The number of unbranched alkanes of at least 4 members (excludes halogenated alkanes) is 2. The number of rotatable bonds is 12. The maximum absolute atomic E-state index is 12.9. The van der Waals surface area contributed by atoms with E-state index in [1.54, 1.807) is 6.21 Å². The molecule has 0 heterocycles. The Hall–Kier alpha value is -3.02. The Balaban J connectivity index is 1.72. The Labute approximate surface area is 192 Å². The summed E-state index contributed by atoms with van der Waals surface area (Å²) in [6.07, 6.45) is 4.53. The van der Waals surface area contributed by atoms with E-state index in [4.69, 9.17) is 15.3 Å². The summed E-state index contributed by atoms with van der Waals surface area (Å²) in [5.74, 6) is 6.86. The first-order valence-corrected chi connectivity index (χ1v) is 11.4.